The fourth-order valence-electron chi connectivity index (χ4n) is 2.62. The monoisotopic (exact) mass is 279 g/mol. The van der Waals surface area contributed by atoms with Gasteiger partial charge in [-0.2, -0.15) is 0 Å². The highest BCUT2D eigenvalue weighted by Crippen LogP contribution is 2.37. The van der Waals surface area contributed by atoms with Crippen LogP contribution in [-0.4, -0.2) is 15.2 Å². The van der Waals surface area contributed by atoms with Crippen LogP contribution < -0.4 is 0 Å². The predicted molar refractivity (Wildman–Crippen MR) is 84.5 cm³/mol. The van der Waals surface area contributed by atoms with E-state index in [-0.39, 0.29) is 11.5 Å². The minimum Gasteiger partial charge on any atom is -0.508 e. The summed E-state index contributed by atoms with van der Waals surface area (Å²) in [7, 11) is 0. The molecular formula is C18H17NO2. The smallest absolute Gasteiger partial charge is 0.125 e. The minimum atomic E-state index is 0.152. The molecule has 0 aliphatic carbocycles. The van der Waals surface area contributed by atoms with Crippen LogP contribution in [0.5, 0.6) is 11.5 Å². The van der Waals surface area contributed by atoms with Gasteiger partial charge in [-0.25, -0.2) is 4.98 Å². The van der Waals surface area contributed by atoms with E-state index in [9.17, 15) is 10.2 Å². The van der Waals surface area contributed by atoms with Crippen LogP contribution in [-0.2, 0) is 6.42 Å². The Labute approximate surface area is 123 Å². The highest BCUT2D eigenvalue weighted by atomic mass is 16.3. The van der Waals surface area contributed by atoms with Crippen LogP contribution >= 0.6 is 0 Å². The first-order valence-corrected chi connectivity index (χ1v) is 7.10. The van der Waals surface area contributed by atoms with Crippen LogP contribution in [0.4, 0.5) is 0 Å². The van der Waals surface area contributed by atoms with Gasteiger partial charge < -0.3 is 10.2 Å². The van der Waals surface area contributed by atoms with Crippen LogP contribution in [0.1, 0.15) is 18.9 Å². The first-order valence-electron chi connectivity index (χ1n) is 7.10. The van der Waals surface area contributed by atoms with Crippen LogP contribution in [0.3, 0.4) is 0 Å². The second kappa shape index (κ2) is 5.44. The van der Waals surface area contributed by atoms with Gasteiger partial charge in [0, 0.05) is 16.5 Å². The van der Waals surface area contributed by atoms with Crippen molar-refractivity contribution in [1.29, 1.82) is 0 Å². The lowest BCUT2D eigenvalue weighted by atomic mass is 9.97. The summed E-state index contributed by atoms with van der Waals surface area (Å²) in [5, 5.41) is 21.4. The van der Waals surface area contributed by atoms with E-state index < -0.39 is 0 Å². The van der Waals surface area contributed by atoms with Crippen LogP contribution in [0.2, 0.25) is 0 Å². The van der Waals surface area contributed by atoms with Crippen molar-refractivity contribution in [1.82, 2.24) is 4.98 Å². The van der Waals surface area contributed by atoms with Crippen molar-refractivity contribution in [3.05, 3.63) is 54.1 Å². The minimum absolute atomic E-state index is 0.152. The van der Waals surface area contributed by atoms with Gasteiger partial charge >= 0.3 is 0 Å². The zero-order valence-electron chi connectivity index (χ0n) is 11.9. The van der Waals surface area contributed by atoms with Gasteiger partial charge in [-0.15, -0.1) is 0 Å². The summed E-state index contributed by atoms with van der Waals surface area (Å²) in [6.45, 7) is 2.04. The molecule has 3 aromatic rings. The quantitative estimate of drug-likeness (QED) is 0.704. The number of phenolic OH excluding ortho intramolecular Hbond substituents is 2. The second-order valence-electron chi connectivity index (χ2n) is 5.10. The third kappa shape index (κ3) is 2.42. The molecule has 0 aliphatic heterocycles. The standard InChI is InChI=1S/C18H17NO2/c1-2-5-13-16(20)10-11-17(21)18(13)15-9-8-12-6-3-4-7-14(12)19-15/h3-4,6-11,20-21H,2,5H2,1H3. The van der Waals surface area contributed by atoms with Gasteiger partial charge in [0.15, 0.2) is 0 Å². The zero-order valence-corrected chi connectivity index (χ0v) is 11.9. The number of benzene rings is 2. The van der Waals surface area contributed by atoms with Crippen molar-refractivity contribution in [3.63, 3.8) is 0 Å². The molecule has 0 saturated carbocycles. The molecule has 0 radical (unpaired) electrons. The molecule has 0 unspecified atom stereocenters. The molecule has 3 heteroatoms. The topological polar surface area (TPSA) is 53.4 Å². The fraction of sp³-hybridized carbons (Fsp3) is 0.167. The number of hydrogen-bond acceptors (Lipinski definition) is 3. The van der Waals surface area contributed by atoms with Crippen molar-refractivity contribution in [2.75, 3.05) is 0 Å². The van der Waals surface area contributed by atoms with Crippen molar-refractivity contribution < 1.29 is 10.2 Å². The summed E-state index contributed by atoms with van der Waals surface area (Å²) in [4.78, 5) is 4.62. The van der Waals surface area contributed by atoms with E-state index in [0.29, 0.717) is 17.7 Å². The molecule has 3 rings (SSSR count). The number of pyridine rings is 1. The van der Waals surface area contributed by atoms with Crippen LogP contribution in [0, 0.1) is 0 Å². The molecule has 0 saturated heterocycles. The van der Waals surface area contributed by atoms with Gasteiger partial charge in [-0.3, -0.25) is 0 Å². The molecular weight excluding hydrogens is 262 g/mol. The number of para-hydroxylation sites is 1. The largest absolute Gasteiger partial charge is 0.508 e. The average molecular weight is 279 g/mol. The van der Waals surface area contributed by atoms with Gasteiger partial charge in [0.2, 0.25) is 0 Å². The molecule has 2 N–H and O–H groups in total. The van der Waals surface area contributed by atoms with Gasteiger partial charge in [-0.05, 0) is 30.7 Å². The van der Waals surface area contributed by atoms with E-state index in [1.54, 1.807) is 0 Å². The van der Waals surface area contributed by atoms with Crippen LogP contribution in [0.15, 0.2) is 48.5 Å². The van der Waals surface area contributed by atoms with Crippen molar-refractivity contribution >= 4 is 10.9 Å². The molecule has 0 fully saturated rings. The molecule has 1 aromatic heterocycles. The Morgan fingerprint density at radius 1 is 0.905 bits per heavy atom. The number of nitrogens with zero attached hydrogens (tertiary/aromatic N) is 1. The molecule has 0 atom stereocenters. The number of aromatic hydroxyl groups is 2. The summed E-state index contributed by atoms with van der Waals surface area (Å²) in [6.07, 6.45) is 1.58. The molecule has 0 spiro atoms. The molecule has 21 heavy (non-hydrogen) atoms. The Balaban J connectivity index is 2.24. The summed E-state index contributed by atoms with van der Waals surface area (Å²) in [6, 6.07) is 14.8. The Bertz CT molecular complexity index is 796. The fourth-order valence-corrected chi connectivity index (χ4v) is 2.62. The number of hydrogen-bond donors (Lipinski definition) is 2. The second-order valence-corrected chi connectivity index (χ2v) is 5.10. The Morgan fingerprint density at radius 3 is 2.48 bits per heavy atom. The first-order chi connectivity index (χ1) is 10.2. The van der Waals surface area contributed by atoms with Crippen molar-refractivity contribution in [2.45, 2.75) is 19.8 Å². The lowest BCUT2D eigenvalue weighted by Gasteiger charge is -2.13. The molecule has 106 valence electrons. The normalized spacial score (nSPS) is 10.9. The van der Waals surface area contributed by atoms with Crippen molar-refractivity contribution in [3.8, 4) is 22.8 Å². The summed E-state index contributed by atoms with van der Waals surface area (Å²) in [5.74, 6) is 0.360. The molecule has 0 amide bonds. The van der Waals surface area contributed by atoms with E-state index in [2.05, 4.69) is 4.98 Å². The lowest BCUT2D eigenvalue weighted by molar-refractivity contribution is 0.455. The molecule has 1 heterocycles. The van der Waals surface area contributed by atoms with E-state index >= 15 is 0 Å². The number of aromatic nitrogens is 1. The average Bonchev–Trinajstić information content (AvgIpc) is 2.51. The van der Waals surface area contributed by atoms with E-state index in [0.717, 1.165) is 22.9 Å². The summed E-state index contributed by atoms with van der Waals surface area (Å²) < 4.78 is 0. The van der Waals surface area contributed by atoms with Gasteiger partial charge in [0.1, 0.15) is 11.5 Å². The Kier molecular flexibility index (Phi) is 3.48. The Hall–Kier alpha value is -2.55. The van der Waals surface area contributed by atoms with Gasteiger partial charge in [0.05, 0.1) is 11.2 Å². The zero-order chi connectivity index (χ0) is 14.8. The first kappa shape index (κ1) is 13.4. The molecule has 3 nitrogen and oxygen atoms in total. The highest BCUT2D eigenvalue weighted by Gasteiger charge is 2.15. The molecule has 0 bridgehead atoms. The lowest BCUT2D eigenvalue weighted by Crippen LogP contribution is -1.94. The SMILES string of the molecule is CCCc1c(O)ccc(O)c1-c1ccc2ccccc2n1. The number of fused-ring (bicyclic) bond motifs is 1. The third-order valence-corrected chi connectivity index (χ3v) is 3.62. The maximum absolute atomic E-state index is 10.2. The Morgan fingerprint density at radius 2 is 1.67 bits per heavy atom. The summed E-state index contributed by atoms with van der Waals surface area (Å²) >= 11 is 0. The number of rotatable bonds is 3. The predicted octanol–water partition coefficient (Wildman–Crippen LogP) is 4.27. The van der Waals surface area contributed by atoms with Crippen molar-refractivity contribution in [2.24, 2.45) is 0 Å². The van der Waals surface area contributed by atoms with Gasteiger partial charge in [-0.1, -0.05) is 37.6 Å². The molecule has 0 aliphatic rings. The maximum atomic E-state index is 10.2. The van der Waals surface area contributed by atoms with Gasteiger partial charge in [0.25, 0.3) is 0 Å². The van der Waals surface area contributed by atoms with Crippen LogP contribution in [0.25, 0.3) is 22.2 Å². The van der Waals surface area contributed by atoms with E-state index in [4.69, 9.17) is 0 Å². The van der Waals surface area contributed by atoms with E-state index in [1.165, 1.54) is 12.1 Å². The maximum Gasteiger partial charge on any atom is 0.125 e. The highest BCUT2D eigenvalue weighted by molar-refractivity contribution is 5.83. The summed E-state index contributed by atoms with van der Waals surface area (Å²) in [5.41, 5.74) is 2.94. The third-order valence-electron chi connectivity index (χ3n) is 3.62. The molecule has 2 aromatic carbocycles. The number of phenols is 2. The van der Waals surface area contributed by atoms with E-state index in [1.807, 2.05) is 43.3 Å².